The van der Waals surface area contributed by atoms with Crippen molar-refractivity contribution in [1.82, 2.24) is 15.2 Å². The van der Waals surface area contributed by atoms with E-state index in [0.29, 0.717) is 16.7 Å². The van der Waals surface area contributed by atoms with Gasteiger partial charge in [0.2, 0.25) is 0 Å². The Hall–Kier alpha value is -0.870. The molecule has 1 rings (SSSR count). The number of rotatable bonds is 2. The minimum Gasteiger partial charge on any atom is -0.359 e. The van der Waals surface area contributed by atoms with Gasteiger partial charge in [-0.1, -0.05) is 23.2 Å². The Morgan fingerprint density at radius 2 is 2.20 bits per heavy atom. The molecule has 0 aromatic carbocycles. The van der Waals surface area contributed by atoms with Crippen molar-refractivity contribution >= 4 is 29.2 Å². The highest BCUT2D eigenvalue weighted by molar-refractivity contribution is 6.41. The first-order valence-corrected chi connectivity index (χ1v) is 5.23. The summed E-state index contributed by atoms with van der Waals surface area (Å²) in [6.07, 6.45) is 0. The normalized spacial score (nSPS) is 11.7. The standard InChI is InChI=1S/C9H14Cl2N4/c1-12-9(13-2)14-5-6-4-7(10)8(11)15(6)3/h4H,5H2,1-3H3,(H2,12,13,14). The van der Waals surface area contributed by atoms with E-state index in [1.165, 1.54) is 0 Å². The average molecular weight is 249 g/mol. The fourth-order valence-electron chi connectivity index (χ4n) is 1.21. The summed E-state index contributed by atoms with van der Waals surface area (Å²) in [7, 11) is 5.39. The molecule has 1 aromatic rings. The lowest BCUT2D eigenvalue weighted by molar-refractivity contribution is 0.766. The van der Waals surface area contributed by atoms with Crippen LogP contribution in [-0.4, -0.2) is 24.6 Å². The zero-order valence-electron chi connectivity index (χ0n) is 8.93. The smallest absolute Gasteiger partial charge is 0.191 e. The Bertz CT molecular complexity index is 370. The highest BCUT2D eigenvalue weighted by Crippen LogP contribution is 2.24. The van der Waals surface area contributed by atoms with Crippen LogP contribution in [0.5, 0.6) is 0 Å². The van der Waals surface area contributed by atoms with Crippen LogP contribution in [0, 0.1) is 0 Å². The maximum absolute atomic E-state index is 5.94. The second kappa shape index (κ2) is 5.28. The van der Waals surface area contributed by atoms with Crippen molar-refractivity contribution in [1.29, 1.82) is 0 Å². The molecule has 6 heteroatoms. The maximum Gasteiger partial charge on any atom is 0.191 e. The Morgan fingerprint density at radius 3 is 2.60 bits per heavy atom. The van der Waals surface area contributed by atoms with E-state index in [2.05, 4.69) is 15.6 Å². The number of aliphatic imine (C=N–C) groups is 1. The third-order valence-corrected chi connectivity index (χ3v) is 2.96. The molecular weight excluding hydrogens is 235 g/mol. The summed E-state index contributed by atoms with van der Waals surface area (Å²) in [6.45, 7) is 0.621. The third-order valence-electron chi connectivity index (χ3n) is 2.11. The highest BCUT2D eigenvalue weighted by Gasteiger charge is 2.08. The minimum atomic E-state index is 0.549. The molecule has 0 radical (unpaired) electrons. The number of aromatic nitrogens is 1. The van der Waals surface area contributed by atoms with Crippen LogP contribution in [0.1, 0.15) is 5.69 Å². The van der Waals surface area contributed by atoms with Gasteiger partial charge in [-0.2, -0.15) is 0 Å². The van der Waals surface area contributed by atoms with E-state index in [4.69, 9.17) is 23.2 Å². The third kappa shape index (κ3) is 2.79. The van der Waals surface area contributed by atoms with Gasteiger partial charge in [-0.05, 0) is 6.07 Å². The number of hydrogen-bond donors (Lipinski definition) is 2. The lowest BCUT2D eigenvalue weighted by Gasteiger charge is -2.09. The van der Waals surface area contributed by atoms with Crippen molar-refractivity contribution in [2.75, 3.05) is 14.1 Å². The van der Waals surface area contributed by atoms with Gasteiger partial charge in [0, 0.05) is 26.8 Å². The van der Waals surface area contributed by atoms with Gasteiger partial charge in [-0.3, -0.25) is 4.99 Å². The van der Waals surface area contributed by atoms with Gasteiger partial charge in [0.1, 0.15) is 5.15 Å². The minimum absolute atomic E-state index is 0.549. The molecule has 0 amide bonds. The van der Waals surface area contributed by atoms with Gasteiger partial charge >= 0.3 is 0 Å². The van der Waals surface area contributed by atoms with Crippen LogP contribution >= 0.6 is 23.2 Å². The first-order valence-electron chi connectivity index (χ1n) is 4.48. The fourth-order valence-corrected chi connectivity index (χ4v) is 1.63. The van der Waals surface area contributed by atoms with Gasteiger partial charge in [-0.15, -0.1) is 0 Å². The van der Waals surface area contributed by atoms with E-state index in [1.807, 2.05) is 17.7 Å². The van der Waals surface area contributed by atoms with Crippen molar-refractivity contribution in [3.05, 3.63) is 21.9 Å². The summed E-state index contributed by atoms with van der Waals surface area (Å²) in [5, 5.41) is 7.16. The molecule has 4 nitrogen and oxygen atoms in total. The van der Waals surface area contributed by atoms with Crippen LogP contribution in [0.2, 0.25) is 10.2 Å². The molecule has 1 heterocycles. The molecule has 0 fully saturated rings. The molecule has 0 aliphatic rings. The zero-order valence-corrected chi connectivity index (χ0v) is 10.4. The van der Waals surface area contributed by atoms with E-state index in [-0.39, 0.29) is 0 Å². The summed E-state index contributed by atoms with van der Waals surface area (Å²) in [4.78, 5) is 4.00. The maximum atomic E-state index is 5.94. The Balaban J connectivity index is 2.70. The molecule has 0 bridgehead atoms. The lowest BCUT2D eigenvalue weighted by Crippen LogP contribution is -2.34. The summed E-state index contributed by atoms with van der Waals surface area (Å²) in [5.41, 5.74) is 1.00. The van der Waals surface area contributed by atoms with Crippen LogP contribution in [0.4, 0.5) is 0 Å². The molecule has 0 saturated carbocycles. The molecule has 84 valence electrons. The first kappa shape index (κ1) is 12.2. The number of nitrogens with one attached hydrogen (secondary N) is 2. The van der Waals surface area contributed by atoms with Gasteiger partial charge in [0.15, 0.2) is 5.96 Å². The fraction of sp³-hybridized carbons (Fsp3) is 0.444. The second-order valence-electron chi connectivity index (χ2n) is 3.01. The molecule has 15 heavy (non-hydrogen) atoms. The predicted octanol–water partition coefficient (Wildman–Crippen LogP) is 1.63. The van der Waals surface area contributed by atoms with E-state index in [1.54, 1.807) is 14.1 Å². The molecule has 0 unspecified atom stereocenters. The van der Waals surface area contributed by atoms with Crippen molar-refractivity contribution < 1.29 is 0 Å². The zero-order chi connectivity index (χ0) is 11.4. The van der Waals surface area contributed by atoms with E-state index >= 15 is 0 Å². The van der Waals surface area contributed by atoms with Gasteiger partial charge in [0.25, 0.3) is 0 Å². The molecule has 0 atom stereocenters. The van der Waals surface area contributed by atoms with Crippen molar-refractivity contribution in [3.8, 4) is 0 Å². The molecule has 0 spiro atoms. The van der Waals surface area contributed by atoms with Gasteiger partial charge in [0.05, 0.1) is 11.6 Å². The topological polar surface area (TPSA) is 41.4 Å². The van der Waals surface area contributed by atoms with Crippen LogP contribution in [0.25, 0.3) is 0 Å². The molecular formula is C9H14Cl2N4. The Labute approximate surface area is 99.3 Å². The van der Waals surface area contributed by atoms with Crippen LogP contribution in [0.15, 0.2) is 11.1 Å². The molecule has 2 N–H and O–H groups in total. The number of halogens is 2. The monoisotopic (exact) mass is 248 g/mol. The summed E-state index contributed by atoms with van der Waals surface area (Å²) >= 11 is 11.8. The van der Waals surface area contributed by atoms with E-state index in [0.717, 1.165) is 11.7 Å². The quantitative estimate of drug-likeness (QED) is 0.617. The van der Waals surface area contributed by atoms with Crippen molar-refractivity contribution in [2.45, 2.75) is 6.54 Å². The Morgan fingerprint density at radius 1 is 1.53 bits per heavy atom. The lowest BCUT2D eigenvalue weighted by atomic mass is 10.4. The molecule has 0 aliphatic heterocycles. The second-order valence-corrected chi connectivity index (χ2v) is 3.77. The predicted molar refractivity (Wildman–Crippen MR) is 64.7 cm³/mol. The van der Waals surface area contributed by atoms with Gasteiger partial charge < -0.3 is 15.2 Å². The van der Waals surface area contributed by atoms with Gasteiger partial charge in [-0.25, -0.2) is 0 Å². The van der Waals surface area contributed by atoms with E-state index in [9.17, 15) is 0 Å². The first-order chi connectivity index (χ1) is 7.10. The molecule has 0 aliphatic carbocycles. The molecule has 1 aromatic heterocycles. The van der Waals surface area contributed by atoms with Crippen molar-refractivity contribution in [3.63, 3.8) is 0 Å². The molecule has 0 saturated heterocycles. The van der Waals surface area contributed by atoms with Crippen molar-refractivity contribution in [2.24, 2.45) is 12.0 Å². The Kier molecular flexibility index (Phi) is 4.29. The summed E-state index contributed by atoms with van der Waals surface area (Å²) < 4.78 is 1.83. The largest absolute Gasteiger partial charge is 0.359 e. The number of hydrogen-bond acceptors (Lipinski definition) is 1. The van der Waals surface area contributed by atoms with Crippen LogP contribution < -0.4 is 10.6 Å². The SMILES string of the molecule is CN=C(NC)NCc1cc(Cl)c(Cl)n1C. The van der Waals surface area contributed by atoms with E-state index < -0.39 is 0 Å². The van der Waals surface area contributed by atoms with Crippen LogP contribution in [0.3, 0.4) is 0 Å². The highest BCUT2D eigenvalue weighted by atomic mass is 35.5. The summed E-state index contributed by atoms with van der Waals surface area (Å²) in [6, 6.07) is 1.83. The van der Waals surface area contributed by atoms with Crippen LogP contribution in [-0.2, 0) is 13.6 Å². The number of guanidine groups is 1. The number of nitrogens with zero attached hydrogens (tertiary/aromatic N) is 2. The summed E-state index contributed by atoms with van der Waals surface area (Å²) in [5.74, 6) is 0.725. The average Bonchev–Trinajstić information content (AvgIpc) is 2.48.